The van der Waals surface area contributed by atoms with E-state index in [0.717, 1.165) is 16.9 Å². The molecule has 0 radical (unpaired) electrons. The van der Waals surface area contributed by atoms with E-state index in [2.05, 4.69) is 0 Å². The zero-order valence-corrected chi connectivity index (χ0v) is 20.9. The number of ether oxygens (including phenoxy) is 4. The maximum atomic E-state index is 13.5. The Labute approximate surface area is 206 Å². The molecule has 188 valence electrons. The van der Waals surface area contributed by atoms with Crippen LogP contribution in [0.4, 0.5) is 0 Å². The molecule has 0 bridgehead atoms. The number of nitrogens with zero attached hydrogens (tertiary/aromatic N) is 3. The number of amides is 2. The minimum atomic E-state index is -0.337. The Balaban J connectivity index is 1.96. The number of hydrazone groups is 1. The predicted molar refractivity (Wildman–Crippen MR) is 132 cm³/mol. The highest BCUT2D eigenvalue weighted by molar-refractivity contribution is 6.05. The van der Waals surface area contributed by atoms with Gasteiger partial charge in [0.1, 0.15) is 23.8 Å². The molecule has 1 aliphatic rings. The van der Waals surface area contributed by atoms with Crippen molar-refractivity contribution in [3.8, 4) is 17.2 Å². The fourth-order valence-electron chi connectivity index (χ4n) is 3.98. The minimum Gasteiger partial charge on any atom is -0.497 e. The first kappa shape index (κ1) is 26.0. The summed E-state index contributed by atoms with van der Waals surface area (Å²) in [5, 5.41) is 6.20. The van der Waals surface area contributed by atoms with E-state index in [9.17, 15) is 9.59 Å². The summed E-state index contributed by atoms with van der Waals surface area (Å²) in [4.78, 5) is 27.4. The van der Waals surface area contributed by atoms with Crippen molar-refractivity contribution in [2.75, 3.05) is 48.1 Å². The third-order valence-corrected chi connectivity index (χ3v) is 5.93. The van der Waals surface area contributed by atoms with Crippen LogP contribution < -0.4 is 14.2 Å². The second-order valence-corrected chi connectivity index (χ2v) is 8.01. The maximum absolute atomic E-state index is 13.5. The van der Waals surface area contributed by atoms with E-state index in [1.807, 2.05) is 36.4 Å². The van der Waals surface area contributed by atoms with Crippen molar-refractivity contribution < 1.29 is 28.5 Å². The molecule has 0 saturated carbocycles. The molecule has 2 aromatic carbocycles. The second-order valence-electron chi connectivity index (χ2n) is 8.01. The molecular weight excluding hydrogens is 450 g/mol. The van der Waals surface area contributed by atoms with Gasteiger partial charge in [0, 0.05) is 38.1 Å². The van der Waals surface area contributed by atoms with Crippen molar-refractivity contribution in [3.63, 3.8) is 0 Å². The molecule has 0 fully saturated rings. The molecule has 1 heterocycles. The van der Waals surface area contributed by atoms with Gasteiger partial charge in [-0.1, -0.05) is 19.1 Å². The molecule has 0 aliphatic carbocycles. The third kappa shape index (κ3) is 6.10. The van der Waals surface area contributed by atoms with Gasteiger partial charge in [-0.2, -0.15) is 5.10 Å². The molecule has 2 amide bonds. The van der Waals surface area contributed by atoms with Crippen LogP contribution in [0.2, 0.25) is 0 Å². The molecule has 9 heteroatoms. The standard InChI is InChI=1S/C26H33N3O6/c1-6-25(30)28(13-14-32-2)17-26(31)29-23(18-7-9-19(33-3)10-8-18)16-22(27-29)21-12-11-20(34-4)15-24(21)35-5/h7-12,15,23H,6,13-14,16-17H2,1-5H3/t23-/m0/s1. The van der Waals surface area contributed by atoms with E-state index >= 15 is 0 Å². The van der Waals surface area contributed by atoms with Crippen LogP contribution in [0.1, 0.15) is 36.9 Å². The van der Waals surface area contributed by atoms with Crippen LogP contribution in [-0.4, -0.2) is 75.6 Å². The molecule has 2 aromatic rings. The Bertz CT molecular complexity index is 1050. The van der Waals surface area contributed by atoms with Gasteiger partial charge in [-0.3, -0.25) is 9.59 Å². The second kappa shape index (κ2) is 12.2. The van der Waals surface area contributed by atoms with Gasteiger partial charge in [0.15, 0.2) is 0 Å². The largest absolute Gasteiger partial charge is 0.497 e. The predicted octanol–water partition coefficient (Wildman–Crippen LogP) is 3.28. The number of hydrogen-bond donors (Lipinski definition) is 0. The van der Waals surface area contributed by atoms with Gasteiger partial charge in [-0.05, 0) is 29.8 Å². The first-order valence-electron chi connectivity index (χ1n) is 11.5. The van der Waals surface area contributed by atoms with E-state index in [1.54, 1.807) is 41.4 Å². The first-order chi connectivity index (χ1) is 16.9. The van der Waals surface area contributed by atoms with E-state index < -0.39 is 0 Å². The molecule has 9 nitrogen and oxygen atoms in total. The van der Waals surface area contributed by atoms with Crippen LogP contribution in [0.3, 0.4) is 0 Å². The summed E-state index contributed by atoms with van der Waals surface area (Å²) in [5.74, 6) is 1.61. The first-order valence-corrected chi connectivity index (χ1v) is 11.5. The molecule has 0 N–H and O–H groups in total. The Morgan fingerprint density at radius 2 is 1.69 bits per heavy atom. The zero-order chi connectivity index (χ0) is 25.4. The van der Waals surface area contributed by atoms with Crippen LogP contribution in [0, 0.1) is 0 Å². The van der Waals surface area contributed by atoms with Crippen molar-refractivity contribution in [1.29, 1.82) is 0 Å². The van der Waals surface area contributed by atoms with Gasteiger partial charge in [-0.15, -0.1) is 0 Å². The van der Waals surface area contributed by atoms with Crippen molar-refractivity contribution in [2.45, 2.75) is 25.8 Å². The summed E-state index contributed by atoms with van der Waals surface area (Å²) in [6, 6.07) is 12.7. The quantitative estimate of drug-likeness (QED) is 0.487. The third-order valence-electron chi connectivity index (χ3n) is 5.93. The Morgan fingerprint density at radius 1 is 1.00 bits per heavy atom. The average Bonchev–Trinajstić information content (AvgIpc) is 3.35. The van der Waals surface area contributed by atoms with Crippen molar-refractivity contribution in [2.24, 2.45) is 5.10 Å². The van der Waals surface area contributed by atoms with Gasteiger partial charge in [0.05, 0.1) is 39.7 Å². The van der Waals surface area contributed by atoms with Gasteiger partial charge < -0.3 is 23.8 Å². The van der Waals surface area contributed by atoms with Crippen LogP contribution in [0.25, 0.3) is 0 Å². The minimum absolute atomic E-state index is 0.0841. The lowest BCUT2D eigenvalue weighted by atomic mass is 9.97. The highest BCUT2D eigenvalue weighted by Gasteiger charge is 2.35. The number of methoxy groups -OCH3 is 4. The summed E-state index contributed by atoms with van der Waals surface area (Å²) in [7, 11) is 6.35. The lowest BCUT2D eigenvalue weighted by Crippen LogP contribution is -2.42. The van der Waals surface area contributed by atoms with Gasteiger partial charge in [-0.25, -0.2) is 5.01 Å². The SMILES string of the molecule is CCC(=O)N(CCOC)CC(=O)N1N=C(c2ccc(OC)cc2OC)C[C@H]1c1ccc(OC)cc1. The van der Waals surface area contributed by atoms with Crippen LogP contribution in [0.15, 0.2) is 47.6 Å². The number of carbonyl (C=O) groups is 2. The van der Waals surface area contributed by atoms with E-state index in [-0.39, 0.29) is 24.4 Å². The summed E-state index contributed by atoms with van der Waals surface area (Å²) in [6.45, 7) is 2.37. The summed E-state index contributed by atoms with van der Waals surface area (Å²) < 4.78 is 21.3. The number of hydrogen-bond acceptors (Lipinski definition) is 7. The Hall–Kier alpha value is -3.59. The highest BCUT2D eigenvalue weighted by Crippen LogP contribution is 2.36. The van der Waals surface area contributed by atoms with Crippen molar-refractivity contribution in [1.82, 2.24) is 9.91 Å². The van der Waals surface area contributed by atoms with E-state index in [1.165, 1.54) is 9.91 Å². The molecule has 35 heavy (non-hydrogen) atoms. The molecule has 0 saturated heterocycles. The topological polar surface area (TPSA) is 89.9 Å². The molecule has 0 spiro atoms. The van der Waals surface area contributed by atoms with Crippen LogP contribution in [0.5, 0.6) is 17.2 Å². The molecule has 1 aliphatic heterocycles. The normalized spacial score (nSPS) is 14.9. The fraction of sp³-hybridized carbons (Fsp3) is 0.423. The molecule has 0 aromatic heterocycles. The smallest absolute Gasteiger partial charge is 0.262 e. The van der Waals surface area contributed by atoms with Gasteiger partial charge in [0.25, 0.3) is 5.91 Å². The Morgan fingerprint density at radius 3 is 2.29 bits per heavy atom. The van der Waals surface area contributed by atoms with Gasteiger partial charge in [0.2, 0.25) is 5.91 Å². The lowest BCUT2D eigenvalue weighted by Gasteiger charge is -2.26. The number of carbonyl (C=O) groups excluding carboxylic acids is 2. The van der Waals surface area contributed by atoms with E-state index in [4.69, 9.17) is 24.0 Å². The molecule has 3 rings (SSSR count). The van der Waals surface area contributed by atoms with E-state index in [0.29, 0.717) is 43.2 Å². The lowest BCUT2D eigenvalue weighted by molar-refractivity contribution is -0.141. The Kier molecular flexibility index (Phi) is 9.08. The molecular formula is C26H33N3O6. The van der Waals surface area contributed by atoms with Crippen molar-refractivity contribution >= 4 is 17.5 Å². The van der Waals surface area contributed by atoms with Crippen molar-refractivity contribution in [3.05, 3.63) is 53.6 Å². The van der Waals surface area contributed by atoms with Crippen LogP contribution >= 0.6 is 0 Å². The summed E-state index contributed by atoms with van der Waals surface area (Å²) >= 11 is 0. The highest BCUT2D eigenvalue weighted by atomic mass is 16.5. The monoisotopic (exact) mass is 483 g/mol. The summed E-state index contributed by atoms with van der Waals surface area (Å²) in [6.07, 6.45) is 0.789. The maximum Gasteiger partial charge on any atom is 0.262 e. The van der Waals surface area contributed by atoms with Gasteiger partial charge >= 0.3 is 0 Å². The zero-order valence-electron chi connectivity index (χ0n) is 20.9. The molecule has 0 unspecified atom stereocenters. The molecule has 1 atom stereocenters. The summed E-state index contributed by atoms with van der Waals surface area (Å²) in [5.41, 5.74) is 2.41. The number of benzene rings is 2. The average molecular weight is 484 g/mol. The number of rotatable bonds is 11. The van der Waals surface area contributed by atoms with Crippen LogP contribution in [-0.2, 0) is 14.3 Å². The fourth-order valence-corrected chi connectivity index (χ4v) is 3.98.